The first-order chi connectivity index (χ1) is 7.55. The van der Waals surface area contributed by atoms with Gasteiger partial charge >= 0.3 is 12.1 Å². The molecular formula is C12H23NO4. The molecule has 100 valence electrons. The molecular weight excluding hydrogens is 222 g/mol. The summed E-state index contributed by atoms with van der Waals surface area (Å²) in [7, 11) is 0. The minimum atomic E-state index is -1.28. The monoisotopic (exact) mass is 245 g/mol. The maximum absolute atomic E-state index is 11.6. The largest absolute Gasteiger partial charge is 0.479 e. The fourth-order valence-electron chi connectivity index (χ4n) is 1.58. The van der Waals surface area contributed by atoms with Gasteiger partial charge in [0, 0.05) is 0 Å². The summed E-state index contributed by atoms with van der Waals surface area (Å²) in [5.74, 6) is -1.27. The fraction of sp³-hybridized carbons (Fsp3) is 0.833. The summed E-state index contributed by atoms with van der Waals surface area (Å²) in [5.41, 5.74) is -1.92. The summed E-state index contributed by atoms with van der Waals surface area (Å²) in [6, 6.07) is 0. The second-order valence-corrected chi connectivity index (χ2v) is 5.41. The predicted molar refractivity (Wildman–Crippen MR) is 64.9 cm³/mol. The molecule has 0 aromatic rings. The van der Waals surface area contributed by atoms with Gasteiger partial charge in [-0.25, -0.2) is 9.59 Å². The number of carboxylic acid groups (broad SMARTS) is 1. The third-order valence-corrected chi connectivity index (χ3v) is 2.65. The van der Waals surface area contributed by atoms with E-state index in [4.69, 9.17) is 4.74 Å². The molecule has 5 nitrogen and oxygen atoms in total. The second kappa shape index (κ2) is 5.38. The molecule has 0 bridgehead atoms. The van der Waals surface area contributed by atoms with Crippen molar-refractivity contribution >= 4 is 12.1 Å². The van der Waals surface area contributed by atoms with Crippen LogP contribution in [0.1, 0.15) is 48.0 Å². The molecule has 1 unspecified atom stereocenters. The summed E-state index contributed by atoms with van der Waals surface area (Å²) >= 11 is 0. The molecule has 0 aromatic heterocycles. The Balaban J connectivity index is 4.89. The highest BCUT2D eigenvalue weighted by Gasteiger charge is 2.42. The van der Waals surface area contributed by atoms with Gasteiger partial charge < -0.3 is 15.2 Å². The van der Waals surface area contributed by atoms with E-state index in [1.807, 2.05) is 0 Å². The lowest BCUT2D eigenvalue weighted by Gasteiger charge is -2.34. The van der Waals surface area contributed by atoms with Crippen LogP contribution in [0.4, 0.5) is 4.79 Å². The molecule has 0 saturated heterocycles. The Kier molecular flexibility index (Phi) is 4.98. The SMILES string of the molecule is CCC(NC(=O)OC(C)(C)C)(C(=O)O)C(C)C. The number of carbonyl (C=O) groups is 2. The lowest BCUT2D eigenvalue weighted by molar-refractivity contribution is -0.147. The summed E-state index contributed by atoms with van der Waals surface area (Å²) in [5, 5.41) is 11.7. The van der Waals surface area contributed by atoms with E-state index in [9.17, 15) is 14.7 Å². The van der Waals surface area contributed by atoms with Crippen molar-refractivity contribution in [3.05, 3.63) is 0 Å². The van der Waals surface area contributed by atoms with Crippen LogP contribution in [0.15, 0.2) is 0 Å². The van der Waals surface area contributed by atoms with E-state index in [0.717, 1.165) is 0 Å². The number of hydrogen-bond donors (Lipinski definition) is 2. The lowest BCUT2D eigenvalue weighted by atomic mass is 9.84. The van der Waals surface area contributed by atoms with E-state index in [2.05, 4.69) is 5.32 Å². The minimum Gasteiger partial charge on any atom is -0.479 e. The predicted octanol–water partition coefficient (Wildman–Crippen LogP) is 2.40. The average Bonchev–Trinajstić information content (AvgIpc) is 2.09. The van der Waals surface area contributed by atoms with Gasteiger partial charge in [0.1, 0.15) is 11.1 Å². The van der Waals surface area contributed by atoms with Crippen LogP contribution in [-0.4, -0.2) is 28.3 Å². The van der Waals surface area contributed by atoms with Crippen LogP contribution >= 0.6 is 0 Å². The highest BCUT2D eigenvalue weighted by molar-refractivity contribution is 5.84. The Bertz CT molecular complexity index is 293. The molecule has 1 amide bonds. The molecule has 0 fully saturated rings. The van der Waals surface area contributed by atoms with Gasteiger partial charge in [-0.05, 0) is 33.1 Å². The Morgan fingerprint density at radius 1 is 1.29 bits per heavy atom. The van der Waals surface area contributed by atoms with Crippen LogP contribution in [0.2, 0.25) is 0 Å². The zero-order valence-corrected chi connectivity index (χ0v) is 11.5. The van der Waals surface area contributed by atoms with Crippen molar-refractivity contribution < 1.29 is 19.4 Å². The number of amides is 1. The van der Waals surface area contributed by atoms with Crippen molar-refractivity contribution in [1.82, 2.24) is 5.32 Å². The normalized spacial score (nSPS) is 15.2. The molecule has 0 aliphatic carbocycles. The van der Waals surface area contributed by atoms with Gasteiger partial charge in [-0.3, -0.25) is 0 Å². The van der Waals surface area contributed by atoms with Gasteiger partial charge in [0.15, 0.2) is 0 Å². The number of nitrogens with one attached hydrogen (secondary N) is 1. The molecule has 0 spiro atoms. The molecule has 0 radical (unpaired) electrons. The molecule has 0 aliphatic rings. The molecule has 17 heavy (non-hydrogen) atoms. The smallest absolute Gasteiger partial charge is 0.408 e. The number of ether oxygens (including phenoxy) is 1. The second-order valence-electron chi connectivity index (χ2n) is 5.41. The van der Waals surface area contributed by atoms with Gasteiger partial charge in [0.25, 0.3) is 0 Å². The number of carbonyl (C=O) groups excluding carboxylic acids is 1. The van der Waals surface area contributed by atoms with Crippen molar-refractivity contribution in [3.8, 4) is 0 Å². The van der Waals surface area contributed by atoms with Crippen LogP contribution in [0.25, 0.3) is 0 Å². The molecule has 5 heteroatoms. The lowest BCUT2D eigenvalue weighted by Crippen LogP contribution is -2.58. The first-order valence-corrected chi connectivity index (χ1v) is 5.79. The Hall–Kier alpha value is -1.26. The van der Waals surface area contributed by atoms with Gasteiger partial charge in [0.05, 0.1) is 0 Å². The molecule has 2 N–H and O–H groups in total. The third-order valence-electron chi connectivity index (χ3n) is 2.65. The highest BCUT2D eigenvalue weighted by atomic mass is 16.6. The van der Waals surface area contributed by atoms with Crippen molar-refractivity contribution in [2.45, 2.75) is 59.1 Å². The van der Waals surface area contributed by atoms with Gasteiger partial charge in [-0.1, -0.05) is 20.8 Å². The Labute approximate surface area is 103 Å². The zero-order valence-electron chi connectivity index (χ0n) is 11.5. The van der Waals surface area contributed by atoms with Crippen LogP contribution in [0, 0.1) is 5.92 Å². The van der Waals surface area contributed by atoms with Crippen molar-refractivity contribution in [3.63, 3.8) is 0 Å². The summed E-state index contributed by atoms with van der Waals surface area (Å²) in [6.45, 7) is 10.4. The van der Waals surface area contributed by atoms with E-state index >= 15 is 0 Å². The van der Waals surface area contributed by atoms with E-state index in [-0.39, 0.29) is 5.92 Å². The Morgan fingerprint density at radius 2 is 1.76 bits per heavy atom. The average molecular weight is 245 g/mol. The first kappa shape index (κ1) is 15.7. The zero-order chi connectivity index (χ0) is 13.9. The summed E-state index contributed by atoms with van der Waals surface area (Å²) in [4.78, 5) is 23.0. The molecule has 0 rings (SSSR count). The number of alkyl carbamates (subject to hydrolysis) is 1. The van der Waals surface area contributed by atoms with E-state index in [1.54, 1.807) is 41.5 Å². The van der Waals surface area contributed by atoms with E-state index in [1.165, 1.54) is 0 Å². The van der Waals surface area contributed by atoms with Crippen LogP contribution in [-0.2, 0) is 9.53 Å². The van der Waals surface area contributed by atoms with Gasteiger partial charge in [0.2, 0.25) is 0 Å². The minimum absolute atomic E-state index is 0.225. The Morgan fingerprint density at radius 3 is 2.00 bits per heavy atom. The summed E-state index contributed by atoms with van der Waals surface area (Å²) in [6.07, 6.45) is -0.394. The van der Waals surface area contributed by atoms with Gasteiger partial charge in [-0.15, -0.1) is 0 Å². The molecule has 0 aromatic carbocycles. The van der Waals surface area contributed by atoms with Crippen molar-refractivity contribution in [2.24, 2.45) is 5.92 Å². The molecule has 0 aliphatic heterocycles. The van der Waals surface area contributed by atoms with Gasteiger partial charge in [-0.2, -0.15) is 0 Å². The van der Waals surface area contributed by atoms with E-state index < -0.39 is 23.2 Å². The van der Waals surface area contributed by atoms with Crippen molar-refractivity contribution in [2.75, 3.05) is 0 Å². The maximum atomic E-state index is 11.6. The molecule has 0 saturated carbocycles. The number of carboxylic acids is 1. The first-order valence-electron chi connectivity index (χ1n) is 5.79. The maximum Gasteiger partial charge on any atom is 0.408 e. The number of aliphatic carboxylic acids is 1. The topological polar surface area (TPSA) is 75.6 Å². The highest BCUT2D eigenvalue weighted by Crippen LogP contribution is 2.22. The quantitative estimate of drug-likeness (QED) is 0.797. The molecule has 0 heterocycles. The number of rotatable bonds is 4. The van der Waals surface area contributed by atoms with Crippen LogP contribution in [0.5, 0.6) is 0 Å². The third kappa shape index (κ3) is 4.24. The van der Waals surface area contributed by atoms with Crippen molar-refractivity contribution in [1.29, 1.82) is 0 Å². The summed E-state index contributed by atoms with van der Waals surface area (Å²) < 4.78 is 5.08. The number of hydrogen-bond acceptors (Lipinski definition) is 3. The fourth-order valence-corrected chi connectivity index (χ4v) is 1.58. The molecule has 1 atom stereocenters. The van der Waals surface area contributed by atoms with E-state index in [0.29, 0.717) is 6.42 Å². The van der Waals surface area contributed by atoms with Crippen LogP contribution in [0.3, 0.4) is 0 Å². The van der Waals surface area contributed by atoms with Crippen LogP contribution < -0.4 is 5.32 Å². The standard InChI is InChI=1S/C12H23NO4/c1-7-12(8(2)3,9(14)15)13-10(16)17-11(4,5)6/h8H,7H2,1-6H3,(H,13,16)(H,14,15).